The molecule has 2 atom stereocenters. The molecule has 0 bridgehead atoms. The van der Waals surface area contributed by atoms with Crippen molar-refractivity contribution < 1.29 is 19.1 Å². The van der Waals surface area contributed by atoms with E-state index in [9.17, 15) is 9.59 Å². The lowest BCUT2D eigenvalue weighted by Gasteiger charge is -2.12. The quantitative estimate of drug-likeness (QED) is 0.783. The Balaban J connectivity index is 1.61. The maximum absolute atomic E-state index is 12.5. The zero-order valence-corrected chi connectivity index (χ0v) is 15.7. The Hall–Kier alpha value is -3.02. The number of benzene rings is 2. The maximum atomic E-state index is 12.5. The Labute approximate surface area is 158 Å². The highest BCUT2D eigenvalue weighted by atomic mass is 16.5. The molecule has 6 nitrogen and oxygen atoms in total. The Morgan fingerprint density at radius 1 is 1.00 bits per heavy atom. The minimum atomic E-state index is -0.338. The minimum absolute atomic E-state index is 0.168. The fourth-order valence-electron chi connectivity index (χ4n) is 3.00. The maximum Gasteiger partial charge on any atom is 0.228 e. The van der Waals surface area contributed by atoms with Crippen LogP contribution in [0.3, 0.4) is 0 Å². The minimum Gasteiger partial charge on any atom is -0.495 e. The molecule has 27 heavy (non-hydrogen) atoms. The van der Waals surface area contributed by atoms with Gasteiger partial charge in [0.1, 0.15) is 11.5 Å². The van der Waals surface area contributed by atoms with Gasteiger partial charge in [0.05, 0.1) is 36.9 Å². The van der Waals surface area contributed by atoms with E-state index in [1.165, 1.54) is 0 Å². The summed E-state index contributed by atoms with van der Waals surface area (Å²) in [6.45, 7) is 4.34. The van der Waals surface area contributed by atoms with Gasteiger partial charge >= 0.3 is 0 Å². The number of rotatable bonds is 7. The summed E-state index contributed by atoms with van der Waals surface area (Å²) in [5.74, 6) is 0.210. The molecule has 1 aliphatic carbocycles. The Morgan fingerprint density at radius 2 is 1.67 bits per heavy atom. The number of carbonyl (C=O) groups is 2. The van der Waals surface area contributed by atoms with Gasteiger partial charge in [-0.05, 0) is 50.1 Å². The van der Waals surface area contributed by atoms with Crippen molar-refractivity contribution >= 4 is 23.2 Å². The fourth-order valence-corrected chi connectivity index (χ4v) is 3.00. The van der Waals surface area contributed by atoms with Gasteiger partial charge in [-0.2, -0.15) is 0 Å². The summed E-state index contributed by atoms with van der Waals surface area (Å²) in [4.78, 5) is 25.0. The Morgan fingerprint density at radius 3 is 2.33 bits per heavy atom. The lowest BCUT2D eigenvalue weighted by atomic mass is 10.2. The van der Waals surface area contributed by atoms with Gasteiger partial charge in [-0.3, -0.25) is 9.59 Å². The van der Waals surface area contributed by atoms with Crippen LogP contribution in [0.4, 0.5) is 11.4 Å². The van der Waals surface area contributed by atoms with Gasteiger partial charge in [-0.25, -0.2) is 0 Å². The second kappa shape index (κ2) is 8.12. The van der Waals surface area contributed by atoms with Gasteiger partial charge in [0.15, 0.2) is 0 Å². The van der Waals surface area contributed by atoms with Crippen molar-refractivity contribution in [1.82, 2.24) is 0 Å². The molecule has 0 spiro atoms. The molecule has 2 N–H and O–H groups in total. The predicted octanol–water partition coefficient (Wildman–Crippen LogP) is 3.62. The predicted molar refractivity (Wildman–Crippen MR) is 104 cm³/mol. The fraction of sp³-hybridized carbons (Fsp3) is 0.333. The zero-order valence-electron chi connectivity index (χ0n) is 15.7. The molecular weight excluding hydrogens is 344 g/mol. The van der Waals surface area contributed by atoms with Gasteiger partial charge in [-0.15, -0.1) is 0 Å². The first kappa shape index (κ1) is 18.8. The summed E-state index contributed by atoms with van der Waals surface area (Å²) in [6, 6.07) is 12.9. The number of methoxy groups -OCH3 is 1. The average molecular weight is 368 g/mol. The molecular formula is C21H24N2O4. The number of nitrogens with one attached hydrogen (secondary N) is 2. The summed E-state index contributed by atoms with van der Waals surface area (Å²) in [5, 5.41) is 5.75. The van der Waals surface area contributed by atoms with Crippen LogP contribution in [0.25, 0.3) is 0 Å². The molecule has 0 heterocycles. The first-order valence-corrected chi connectivity index (χ1v) is 9.01. The van der Waals surface area contributed by atoms with E-state index in [-0.39, 0.29) is 23.7 Å². The molecule has 1 aliphatic rings. The molecule has 0 aliphatic heterocycles. The molecule has 142 valence electrons. The van der Waals surface area contributed by atoms with Crippen molar-refractivity contribution in [2.45, 2.75) is 20.3 Å². The summed E-state index contributed by atoms with van der Waals surface area (Å²) in [7, 11) is 1.56. The molecule has 2 aromatic rings. The lowest BCUT2D eigenvalue weighted by molar-refractivity contribution is -0.122. The second-order valence-electron chi connectivity index (χ2n) is 6.56. The number of anilines is 2. The Kier molecular flexibility index (Phi) is 5.64. The number of amides is 2. The van der Waals surface area contributed by atoms with Gasteiger partial charge in [0.2, 0.25) is 11.8 Å². The molecule has 0 saturated heterocycles. The number of hydrogen-bond acceptors (Lipinski definition) is 4. The van der Waals surface area contributed by atoms with Crippen molar-refractivity contribution in [3.63, 3.8) is 0 Å². The molecule has 3 rings (SSSR count). The molecule has 1 fully saturated rings. The molecule has 6 heteroatoms. The van der Waals surface area contributed by atoms with Crippen LogP contribution in [0.1, 0.15) is 18.9 Å². The smallest absolute Gasteiger partial charge is 0.228 e. The average Bonchev–Trinajstić information content (AvgIpc) is 3.45. The van der Waals surface area contributed by atoms with Crippen LogP contribution < -0.4 is 20.1 Å². The largest absolute Gasteiger partial charge is 0.495 e. The third-order valence-electron chi connectivity index (χ3n) is 4.52. The van der Waals surface area contributed by atoms with Gasteiger partial charge < -0.3 is 20.1 Å². The van der Waals surface area contributed by atoms with E-state index in [2.05, 4.69) is 10.6 Å². The van der Waals surface area contributed by atoms with Gasteiger partial charge in [0, 0.05) is 0 Å². The zero-order chi connectivity index (χ0) is 19.4. The summed E-state index contributed by atoms with van der Waals surface area (Å²) >= 11 is 0. The topological polar surface area (TPSA) is 76.7 Å². The summed E-state index contributed by atoms with van der Waals surface area (Å²) in [6.07, 6.45) is 0.530. The number of aryl methyl sites for hydroxylation is 1. The van der Waals surface area contributed by atoms with Crippen molar-refractivity contribution in [1.29, 1.82) is 0 Å². The normalized spacial score (nSPS) is 17.7. The van der Waals surface area contributed by atoms with E-state index in [0.29, 0.717) is 35.9 Å². The molecule has 1 saturated carbocycles. The molecule has 0 radical (unpaired) electrons. The van der Waals surface area contributed by atoms with E-state index in [1.807, 2.05) is 44.2 Å². The van der Waals surface area contributed by atoms with E-state index in [4.69, 9.17) is 9.47 Å². The number of ether oxygens (including phenoxy) is 2. The van der Waals surface area contributed by atoms with Crippen LogP contribution in [0.15, 0.2) is 42.5 Å². The van der Waals surface area contributed by atoms with Gasteiger partial charge in [0.25, 0.3) is 0 Å². The first-order chi connectivity index (χ1) is 13.0. The van der Waals surface area contributed by atoms with Crippen LogP contribution >= 0.6 is 0 Å². The van der Waals surface area contributed by atoms with E-state index in [1.54, 1.807) is 19.2 Å². The van der Waals surface area contributed by atoms with Crippen molar-refractivity contribution in [3.05, 3.63) is 48.0 Å². The van der Waals surface area contributed by atoms with Crippen LogP contribution in [0, 0.1) is 18.8 Å². The summed E-state index contributed by atoms with van der Waals surface area (Å²) in [5.41, 5.74) is 2.26. The molecule has 2 amide bonds. The van der Waals surface area contributed by atoms with Crippen molar-refractivity contribution in [2.24, 2.45) is 11.8 Å². The summed E-state index contributed by atoms with van der Waals surface area (Å²) < 4.78 is 10.8. The second-order valence-corrected chi connectivity index (χ2v) is 6.56. The standard InChI is InChI=1S/C21H24N2O4/c1-4-27-19-8-6-5-7-16(19)22-20(24)14-12-15(14)21(25)23-17-11-13(2)9-10-18(17)26-3/h5-11,14-15H,4,12H2,1-3H3,(H,22,24)(H,23,25). The first-order valence-electron chi connectivity index (χ1n) is 9.01. The van der Waals surface area contributed by atoms with E-state index < -0.39 is 0 Å². The molecule has 2 unspecified atom stereocenters. The third-order valence-corrected chi connectivity index (χ3v) is 4.52. The molecule has 2 aromatic carbocycles. The lowest BCUT2D eigenvalue weighted by Crippen LogP contribution is -2.21. The SMILES string of the molecule is CCOc1ccccc1NC(=O)C1CC1C(=O)Nc1cc(C)ccc1OC. The Bertz CT molecular complexity index is 850. The highest BCUT2D eigenvalue weighted by Crippen LogP contribution is 2.41. The highest BCUT2D eigenvalue weighted by Gasteiger charge is 2.48. The van der Waals surface area contributed by atoms with Crippen LogP contribution in [-0.2, 0) is 9.59 Å². The van der Waals surface area contributed by atoms with Crippen molar-refractivity contribution in [3.8, 4) is 11.5 Å². The van der Waals surface area contributed by atoms with Crippen LogP contribution in [0.5, 0.6) is 11.5 Å². The van der Waals surface area contributed by atoms with Gasteiger partial charge in [-0.1, -0.05) is 18.2 Å². The van der Waals surface area contributed by atoms with E-state index in [0.717, 1.165) is 5.56 Å². The van der Waals surface area contributed by atoms with Crippen LogP contribution in [-0.4, -0.2) is 25.5 Å². The molecule has 0 aromatic heterocycles. The third kappa shape index (κ3) is 4.39. The highest BCUT2D eigenvalue weighted by molar-refractivity contribution is 6.04. The van der Waals surface area contributed by atoms with E-state index >= 15 is 0 Å². The van der Waals surface area contributed by atoms with Crippen molar-refractivity contribution in [2.75, 3.05) is 24.4 Å². The number of para-hydroxylation sites is 2. The monoisotopic (exact) mass is 368 g/mol. The number of hydrogen-bond donors (Lipinski definition) is 2. The van der Waals surface area contributed by atoms with Crippen LogP contribution in [0.2, 0.25) is 0 Å². The number of carbonyl (C=O) groups excluding carboxylic acids is 2.